The van der Waals surface area contributed by atoms with E-state index in [-0.39, 0.29) is 0 Å². The molecular formula is C18H20N4O. The summed E-state index contributed by atoms with van der Waals surface area (Å²) in [4.78, 5) is 2.47. The number of H-pyrrole nitrogens is 1. The molecule has 0 aliphatic carbocycles. The van der Waals surface area contributed by atoms with Crippen molar-refractivity contribution in [1.29, 1.82) is 0 Å². The molecule has 0 saturated carbocycles. The van der Waals surface area contributed by atoms with Crippen LogP contribution in [-0.2, 0) is 4.74 Å². The van der Waals surface area contributed by atoms with Gasteiger partial charge in [0.15, 0.2) is 0 Å². The van der Waals surface area contributed by atoms with Gasteiger partial charge in [0.2, 0.25) is 0 Å². The average molecular weight is 308 g/mol. The molecule has 0 radical (unpaired) electrons. The predicted octanol–water partition coefficient (Wildman–Crippen LogP) is 3.02. The molecule has 0 amide bonds. The molecule has 1 atom stereocenters. The van der Waals surface area contributed by atoms with E-state index in [1.54, 1.807) is 0 Å². The fourth-order valence-corrected chi connectivity index (χ4v) is 3.15. The van der Waals surface area contributed by atoms with E-state index in [9.17, 15) is 0 Å². The van der Waals surface area contributed by atoms with Crippen molar-refractivity contribution < 1.29 is 4.74 Å². The van der Waals surface area contributed by atoms with E-state index >= 15 is 0 Å². The zero-order valence-electron chi connectivity index (χ0n) is 13.2. The third-order valence-electron chi connectivity index (χ3n) is 4.64. The van der Waals surface area contributed by atoms with Gasteiger partial charge in [-0.05, 0) is 35.7 Å². The van der Waals surface area contributed by atoms with Crippen LogP contribution < -0.4 is 0 Å². The Morgan fingerprint density at radius 3 is 2.43 bits per heavy atom. The first kappa shape index (κ1) is 14.4. The molecule has 23 heavy (non-hydrogen) atoms. The van der Waals surface area contributed by atoms with E-state index in [4.69, 9.17) is 4.74 Å². The number of hydrogen-bond acceptors (Lipinski definition) is 4. The number of nitrogens with zero attached hydrogens (tertiary/aromatic N) is 3. The van der Waals surface area contributed by atoms with Crippen LogP contribution >= 0.6 is 0 Å². The van der Waals surface area contributed by atoms with Crippen LogP contribution in [0.15, 0.2) is 42.5 Å². The minimum absolute atomic E-state index is 0.422. The first-order valence-corrected chi connectivity index (χ1v) is 8.04. The minimum atomic E-state index is 0.422. The van der Waals surface area contributed by atoms with Crippen molar-refractivity contribution in [2.75, 3.05) is 26.3 Å². The van der Waals surface area contributed by atoms with E-state index < -0.39 is 0 Å². The van der Waals surface area contributed by atoms with Crippen molar-refractivity contribution in [3.63, 3.8) is 0 Å². The molecule has 1 saturated heterocycles. The monoisotopic (exact) mass is 308 g/mol. The third-order valence-corrected chi connectivity index (χ3v) is 4.64. The molecule has 0 bridgehead atoms. The summed E-state index contributed by atoms with van der Waals surface area (Å²) in [7, 11) is 0. The summed E-state index contributed by atoms with van der Waals surface area (Å²) >= 11 is 0. The summed E-state index contributed by atoms with van der Waals surface area (Å²) in [5.41, 5.74) is 5.50. The summed E-state index contributed by atoms with van der Waals surface area (Å²) in [5.74, 6) is 0. The Kier molecular flexibility index (Phi) is 3.81. The molecule has 1 fully saturated rings. The maximum Gasteiger partial charge on any atom is 0.113 e. The molecule has 2 aromatic carbocycles. The van der Waals surface area contributed by atoms with Gasteiger partial charge in [-0.1, -0.05) is 30.3 Å². The fourth-order valence-electron chi connectivity index (χ4n) is 3.15. The van der Waals surface area contributed by atoms with Crippen LogP contribution in [0.1, 0.15) is 18.5 Å². The second-order valence-electron chi connectivity index (χ2n) is 5.97. The molecule has 1 aromatic heterocycles. The zero-order valence-corrected chi connectivity index (χ0v) is 13.2. The van der Waals surface area contributed by atoms with Gasteiger partial charge in [0.25, 0.3) is 0 Å². The average Bonchev–Trinajstić information content (AvgIpc) is 3.10. The highest BCUT2D eigenvalue weighted by Gasteiger charge is 2.18. The summed E-state index contributed by atoms with van der Waals surface area (Å²) in [5, 5.41) is 10.9. The quantitative estimate of drug-likeness (QED) is 0.808. The molecule has 3 aromatic rings. The lowest BCUT2D eigenvalue weighted by Crippen LogP contribution is -2.37. The molecule has 2 heterocycles. The lowest BCUT2D eigenvalue weighted by atomic mass is 10.00. The van der Waals surface area contributed by atoms with E-state index in [1.165, 1.54) is 11.1 Å². The second-order valence-corrected chi connectivity index (χ2v) is 5.97. The minimum Gasteiger partial charge on any atom is -0.379 e. The number of rotatable bonds is 3. The number of aromatic amines is 1. The Morgan fingerprint density at radius 2 is 1.65 bits per heavy atom. The SMILES string of the molecule is C[C@@H](c1ccc(-c2ccc3n[nH]nc3c2)cc1)N1CCOCC1. The van der Waals surface area contributed by atoms with Crippen LogP contribution in [0.3, 0.4) is 0 Å². The molecule has 5 heteroatoms. The standard InChI is InChI=1S/C18H20N4O/c1-13(22-8-10-23-11-9-22)14-2-4-15(5-3-14)16-6-7-17-18(12-16)20-21-19-17/h2-7,12-13H,8-11H2,1H3,(H,19,20,21)/t13-/m0/s1. The third kappa shape index (κ3) is 2.85. The number of ether oxygens (including phenoxy) is 1. The van der Waals surface area contributed by atoms with Crippen LogP contribution in [0.5, 0.6) is 0 Å². The second kappa shape index (κ2) is 6.10. The fraction of sp³-hybridized carbons (Fsp3) is 0.333. The van der Waals surface area contributed by atoms with Crippen molar-refractivity contribution in [2.24, 2.45) is 0 Å². The van der Waals surface area contributed by atoms with E-state index in [0.717, 1.165) is 42.9 Å². The Labute approximate surface area is 135 Å². The van der Waals surface area contributed by atoms with Gasteiger partial charge in [0, 0.05) is 19.1 Å². The number of morpholine rings is 1. The van der Waals surface area contributed by atoms with Crippen LogP contribution in [-0.4, -0.2) is 46.6 Å². The Bertz CT molecular complexity index is 790. The highest BCUT2D eigenvalue weighted by molar-refractivity contribution is 5.80. The van der Waals surface area contributed by atoms with Crippen molar-refractivity contribution in [3.8, 4) is 11.1 Å². The molecule has 1 aliphatic rings. The molecule has 0 spiro atoms. The highest BCUT2D eigenvalue weighted by Crippen LogP contribution is 2.26. The lowest BCUT2D eigenvalue weighted by Gasteiger charge is -2.32. The predicted molar refractivity (Wildman–Crippen MR) is 90.1 cm³/mol. The summed E-state index contributed by atoms with van der Waals surface area (Å²) in [6.45, 7) is 5.94. The topological polar surface area (TPSA) is 54.0 Å². The van der Waals surface area contributed by atoms with Crippen LogP contribution in [0, 0.1) is 0 Å². The molecular weight excluding hydrogens is 288 g/mol. The van der Waals surface area contributed by atoms with E-state index in [0.29, 0.717) is 6.04 Å². The molecule has 5 nitrogen and oxygen atoms in total. The summed E-state index contributed by atoms with van der Waals surface area (Å²) in [6.07, 6.45) is 0. The van der Waals surface area contributed by atoms with Gasteiger partial charge in [0.1, 0.15) is 11.0 Å². The van der Waals surface area contributed by atoms with Gasteiger partial charge in [0.05, 0.1) is 13.2 Å². The van der Waals surface area contributed by atoms with Gasteiger partial charge >= 0.3 is 0 Å². The smallest absolute Gasteiger partial charge is 0.113 e. The maximum atomic E-state index is 5.44. The highest BCUT2D eigenvalue weighted by atomic mass is 16.5. The first-order chi connectivity index (χ1) is 11.3. The van der Waals surface area contributed by atoms with Gasteiger partial charge in [-0.2, -0.15) is 15.4 Å². The van der Waals surface area contributed by atoms with Gasteiger partial charge in [-0.3, -0.25) is 4.90 Å². The van der Waals surface area contributed by atoms with Crippen molar-refractivity contribution in [1.82, 2.24) is 20.3 Å². The van der Waals surface area contributed by atoms with Gasteiger partial charge in [-0.15, -0.1) is 0 Å². The Balaban J connectivity index is 1.57. The molecule has 1 aliphatic heterocycles. The molecule has 1 N–H and O–H groups in total. The zero-order chi connectivity index (χ0) is 15.6. The summed E-state index contributed by atoms with van der Waals surface area (Å²) in [6, 6.07) is 15.4. The number of nitrogens with one attached hydrogen (secondary N) is 1. The van der Waals surface area contributed by atoms with Crippen molar-refractivity contribution in [3.05, 3.63) is 48.0 Å². The van der Waals surface area contributed by atoms with Crippen LogP contribution in [0.2, 0.25) is 0 Å². The number of hydrogen-bond donors (Lipinski definition) is 1. The Morgan fingerprint density at radius 1 is 0.957 bits per heavy atom. The first-order valence-electron chi connectivity index (χ1n) is 8.04. The van der Waals surface area contributed by atoms with Crippen molar-refractivity contribution in [2.45, 2.75) is 13.0 Å². The maximum absolute atomic E-state index is 5.44. The van der Waals surface area contributed by atoms with Gasteiger partial charge in [-0.25, -0.2) is 0 Å². The lowest BCUT2D eigenvalue weighted by molar-refractivity contribution is 0.0198. The number of fused-ring (bicyclic) bond motifs is 1. The van der Waals surface area contributed by atoms with E-state index in [2.05, 4.69) is 63.6 Å². The Hall–Kier alpha value is -2.24. The summed E-state index contributed by atoms with van der Waals surface area (Å²) < 4.78 is 5.44. The van der Waals surface area contributed by atoms with Crippen molar-refractivity contribution >= 4 is 11.0 Å². The molecule has 4 rings (SSSR count). The normalized spacial score (nSPS) is 17.4. The van der Waals surface area contributed by atoms with Crippen LogP contribution in [0.25, 0.3) is 22.2 Å². The largest absolute Gasteiger partial charge is 0.379 e. The van der Waals surface area contributed by atoms with Gasteiger partial charge < -0.3 is 4.74 Å². The van der Waals surface area contributed by atoms with Crippen LogP contribution in [0.4, 0.5) is 0 Å². The molecule has 118 valence electrons. The number of benzene rings is 2. The molecule has 0 unspecified atom stereocenters. The number of aromatic nitrogens is 3. The van der Waals surface area contributed by atoms with E-state index in [1.807, 2.05) is 6.07 Å².